The maximum absolute atomic E-state index is 12.7. The Kier molecular flexibility index (Phi) is 2.96. The molecule has 0 saturated carbocycles. The lowest BCUT2D eigenvalue weighted by Crippen LogP contribution is -2.13. The molecule has 13 heavy (non-hydrogen) atoms. The number of sulfonamides is 1. The van der Waals surface area contributed by atoms with E-state index in [1.165, 1.54) is 0 Å². The van der Waals surface area contributed by atoms with Gasteiger partial charge in [-0.1, -0.05) is 11.6 Å². The summed E-state index contributed by atoms with van der Waals surface area (Å²) in [6, 6.07) is 1.78. The van der Waals surface area contributed by atoms with E-state index in [9.17, 15) is 12.8 Å². The van der Waals surface area contributed by atoms with Crippen molar-refractivity contribution in [3.63, 3.8) is 0 Å². The molecule has 3 nitrogen and oxygen atoms in total. The Morgan fingerprint density at radius 3 is 2.46 bits per heavy atom. The van der Waals surface area contributed by atoms with Gasteiger partial charge in [0.2, 0.25) is 10.0 Å². The Bertz CT molecular complexity index is 448. The highest BCUT2D eigenvalue weighted by molar-refractivity contribution is 9.10. The topological polar surface area (TPSA) is 60.2 Å². The van der Waals surface area contributed by atoms with Crippen molar-refractivity contribution in [2.75, 3.05) is 0 Å². The molecule has 0 bridgehead atoms. The fourth-order valence-electron chi connectivity index (χ4n) is 0.739. The minimum atomic E-state index is -3.95. The smallest absolute Gasteiger partial charge is 0.225 e. The number of nitrogens with two attached hydrogens (primary N) is 1. The quantitative estimate of drug-likeness (QED) is 0.802. The van der Waals surface area contributed by atoms with E-state index < -0.39 is 15.8 Å². The average Bonchev–Trinajstić information content (AvgIpc) is 1.94. The Morgan fingerprint density at radius 2 is 2.00 bits per heavy atom. The van der Waals surface area contributed by atoms with Crippen LogP contribution in [0.2, 0.25) is 5.02 Å². The van der Waals surface area contributed by atoms with Gasteiger partial charge in [-0.15, -0.1) is 0 Å². The van der Waals surface area contributed by atoms with E-state index in [1.807, 2.05) is 0 Å². The second kappa shape index (κ2) is 3.53. The van der Waals surface area contributed by atoms with Gasteiger partial charge in [0.25, 0.3) is 0 Å². The summed E-state index contributed by atoms with van der Waals surface area (Å²) < 4.78 is 34.5. The van der Waals surface area contributed by atoms with Crippen LogP contribution >= 0.6 is 27.5 Å². The van der Waals surface area contributed by atoms with Crippen molar-refractivity contribution in [2.24, 2.45) is 5.14 Å². The highest BCUT2D eigenvalue weighted by atomic mass is 79.9. The van der Waals surface area contributed by atoms with Crippen LogP contribution in [-0.2, 0) is 10.0 Å². The van der Waals surface area contributed by atoms with E-state index in [0.717, 1.165) is 12.1 Å². The third kappa shape index (κ3) is 2.40. The number of hydrogen-bond acceptors (Lipinski definition) is 2. The second-order valence-electron chi connectivity index (χ2n) is 2.24. The summed E-state index contributed by atoms with van der Waals surface area (Å²) in [5.41, 5.74) is 0. The molecule has 2 N–H and O–H groups in total. The van der Waals surface area contributed by atoms with Crippen molar-refractivity contribution in [1.82, 2.24) is 0 Å². The summed E-state index contributed by atoms with van der Waals surface area (Å²) in [4.78, 5) is -0.363. The van der Waals surface area contributed by atoms with Gasteiger partial charge < -0.3 is 0 Å². The van der Waals surface area contributed by atoms with Gasteiger partial charge in [-0.25, -0.2) is 17.9 Å². The molecule has 1 aromatic carbocycles. The Labute approximate surface area is 87.9 Å². The van der Waals surface area contributed by atoms with Crippen LogP contribution in [0, 0.1) is 5.82 Å². The maximum atomic E-state index is 12.7. The lowest BCUT2D eigenvalue weighted by molar-refractivity contribution is 0.591. The van der Waals surface area contributed by atoms with Gasteiger partial charge in [0.15, 0.2) is 0 Å². The van der Waals surface area contributed by atoms with Crippen LogP contribution < -0.4 is 5.14 Å². The van der Waals surface area contributed by atoms with Gasteiger partial charge in [-0.3, -0.25) is 0 Å². The van der Waals surface area contributed by atoms with E-state index in [4.69, 9.17) is 16.7 Å². The van der Waals surface area contributed by atoms with Crippen LogP contribution in [-0.4, -0.2) is 8.42 Å². The standard InChI is InChI=1S/C6H4BrClFNO2S/c7-6-4(8)1-3(9)2-5(6)13(10,11)12/h1-2H,(H2,10,11,12). The molecule has 0 saturated heterocycles. The number of halogens is 3. The Morgan fingerprint density at radius 1 is 1.46 bits per heavy atom. The summed E-state index contributed by atoms with van der Waals surface area (Å²) in [6.07, 6.45) is 0. The minimum Gasteiger partial charge on any atom is -0.225 e. The first-order valence-corrected chi connectivity index (χ1v) is 5.71. The zero-order chi connectivity index (χ0) is 10.2. The van der Waals surface area contributed by atoms with Crippen molar-refractivity contribution in [3.05, 3.63) is 27.4 Å². The van der Waals surface area contributed by atoms with Crippen LogP contribution in [0.1, 0.15) is 0 Å². The van der Waals surface area contributed by atoms with Gasteiger partial charge in [0.05, 0.1) is 9.50 Å². The zero-order valence-corrected chi connectivity index (χ0v) is 9.25. The van der Waals surface area contributed by atoms with Gasteiger partial charge in [0.1, 0.15) is 10.7 Å². The number of rotatable bonds is 1. The van der Waals surface area contributed by atoms with E-state index in [0.29, 0.717) is 0 Å². The summed E-state index contributed by atoms with van der Waals surface area (Å²) in [7, 11) is -3.95. The highest BCUT2D eigenvalue weighted by Crippen LogP contribution is 2.29. The van der Waals surface area contributed by atoms with E-state index in [1.54, 1.807) is 0 Å². The van der Waals surface area contributed by atoms with Gasteiger partial charge >= 0.3 is 0 Å². The molecule has 7 heteroatoms. The third-order valence-electron chi connectivity index (χ3n) is 1.27. The molecule has 0 unspecified atom stereocenters. The van der Waals surface area contributed by atoms with E-state index >= 15 is 0 Å². The maximum Gasteiger partial charge on any atom is 0.239 e. The van der Waals surface area contributed by atoms with Crippen molar-refractivity contribution >= 4 is 37.6 Å². The third-order valence-corrected chi connectivity index (χ3v) is 3.84. The largest absolute Gasteiger partial charge is 0.239 e. The molecule has 0 amide bonds. The second-order valence-corrected chi connectivity index (χ2v) is 4.97. The molecule has 0 aromatic heterocycles. The van der Waals surface area contributed by atoms with Crippen molar-refractivity contribution in [2.45, 2.75) is 4.90 Å². The summed E-state index contributed by atoms with van der Waals surface area (Å²) in [6.45, 7) is 0. The summed E-state index contributed by atoms with van der Waals surface area (Å²) in [5.74, 6) is -0.753. The fourth-order valence-corrected chi connectivity index (χ4v) is 2.54. The molecule has 0 aliphatic carbocycles. The van der Waals surface area contributed by atoms with Crippen LogP contribution in [0.4, 0.5) is 4.39 Å². The van der Waals surface area contributed by atoms with Gasteiger partial charge in [-0.05, 0) is 28.1 Å². The fraction of sp³-hybridized carbons (Fsp3) is 0. The van der Waals surface area contributed by atoms with Gasteiger partial charge in [0, 0.05) is 0 Å². The summed E-state index contributed by atoms with van der Waals surface area (Å²) >= 11 is 8.41. The monoisotopic (exact) mass is 287 g/mol. The van der Waals surface area contributed by atoms with Crippen LogP contribution in [0.3, 0.4) is 0 Å². The van der Waals surface area contributed by atoms with E-state index in [-0.39, 0.29) is 14.4 Å². The van der Waals surface area contributed by atoms with E-state index in [2.05, 4.69) is 15.9 Å². The molecule has 1 rings (SSSR count). The molecule has 72 valence electrons. The number of benzene rings is 1. The first-order chi connectivity index (χ1) is 5.82. The Balaban J connectivity index is 3.56. The molecule has 0 heterocycles. The SMILES string of the molecule is NS(=O)(=O)c1cc(F)cc(Cl)c1Br. The highest BCUT2D eigenvalue weighted by Gasteiger charge is 2.16. The minimum absolute atomic E-state index is 0.0379. The predicted molar refractivity (Wildman–Crippen MR) is 50.5 cm³/mol. The normalized spacial score (nSPS) is 11.7. The van der Waals surface area contributed by atoms with Crippen molar-refractivity contribution < 1.29 is 12.8 Å². The first kappa shape index (κ1) is 10.9. The predicted octanol–water partition coefficient (Wildman–Crippen LogP) is 1.89. The number of hydrogen-bond donors (Lipinski definition) is 1. The molecule has 0 spiro atoms. The molecular weight excluding hydrogens is 284 g/mol. The Hall–Kier alpha value is -0.170. The average molecular weight is 289 g/mol. The lowest BCUT2D eigenvalue weighted by atomic mass is 10.3. The zero-order valence-electron chi connectivity index (χ0n) is 6.09. The first-order valence-electron chi connectivity index (χ1n) is 2.99. The van der Waals surface area contributed by atoms with Crippen LogP contribution in [0.5, 0.6) is 0 Å². The summed E-state index contributed by atoms with van der Waals surface area (Å²) in [5, 5.41) is 4.77. The van der Waals surface area contributed by atoms with Gasteiger partial charge in [-0.2, -0.15) is 0 Å². The molecule has 1 aromatic rings. The molecule has 0 aliphatic heterocycles. The number of primary sulfonamides is 1. The lowest BCUT2D eigenvalue weighted by Gasteiger charge is -2.03. The van der Waals surface area contributed by atoms with Crippen LogP contribution in [0.15, 0.2) is 21.5 Å². The molecule has 0 radical (unpaired) electrons. The molecule has 0 fully saturated rings. The van der Waals surface area contributed by atoms with Crippen molar-refractivity contribution in [3.8, 4) is 0 Å². The molecule has 0 aliphatic rings. The van der Waals surface area contributed by atoms with Crippen molar-refractivity contribution in [1.29, 1.82) is 0 Å². The molecule has 0 atom stereocenters. The van der Waals surface area contributed by atoms with Crippen LogP contribution in [0.25, 0.3) is 0 Å². The molecular formula is C6H4BrClFNO2S.